The highest BCUT2D eigenvalue weighted by atomic mass is 79.9. The van der Waals surface area contributed by atoms with Gasteiger partial charge in [-0.1, -0.05) is 70.0 Å². The molecule has 3 heteroatoms. The minimum absolute atomic E-state index is 0.220. The van der Waals surface area contributed by atoms with Gasteiger partial charge in [0.05, 0.1) is 5.38 Å². The molecule has 1 atom stereocenters. The largest absolute Gasteiger partial charge is 0.113 e. The van der Waals surface area contributed by atoms with Crippen molar-refractivity contribution in [2.24, 2.45) is 0 Å². The lowest BCUT2D eigenvalue weighted by Crippen LogP contribution is -1.97. The summed E-state index contributed by atoms with van der Waals surface area (Å²) >= 11 is 16.3. The molecule has 0 spiro atoms. The summed E-state index contributed by atoms with van der Waals surface area (Å²) in [6.07, 6.45) is 0. The van der Waals surface area contributed by atoms with Crippen LogP contribution < -0.4 is 0 Å². The third-order valence-corrected chi connectivity index (χ3v) is 5.08. The molecule has 3 aromatic carbocycles. The zero-order valence-corrected chi connectivity index (χ0v) is 14.5. The number of benzene rings is 3. The predicted molar refractivity (Wildman–Crippen MR) is 95.5 cm³/mol. The van der Waals surface area contributed by atoms with E-state index in [1.807, 2.05) is 24.3 Å². The first kappa shape index (κ1) is 14.9. The van der Waals surface area contributed by atoms with Gasteiger partial charge in [0.1, 0.15) is 0 Å². The van der Waals surface area contributed by atoms with Gasteiger partial charge in [-0.3, -0.25) is 0 Å². The summed E-state index contributed by atoms with van der Waals surface area (Å²) in [4.78, 5) is 0. The van der Waals surface area contributed by atoms with E-state index in [0.717, 1.165) is 15.6 Å². The fourth-order valence-corrected chi connectivity index (χ4v) is 3.99. The molecule has 106 valence electrons. The Balaban J connectivity index is 2.18. The molecule has 0 N–H and O–H groups in total. The molecule has 0 saturated carbocycles. The first-order chi connectivity index (χ1) is 10.1. The summed E-state index contributed by atoms with van der Waals surface area (Å²) in [5.41, 5.74) is 3.39. The van der Waals surface area contributed by atoms with Gasteiger partial charge in [-0.05, 0) is 46.5 Å². The van der Waals surface area contributed by atoms with Crippen LogP contribution in [0.25, 0.3) is 10.8 Å². The van der Waals surface area contributed by atoms with Crippen molar-refractivity contribution in [3.63, 3.8) is 0 Å². The Labute approximate surface area is 142 Å². The third-order valence-electron chi connectivity index (χ3n) is 3.68. The molecule has 0 radical (unpaired) electrons. The van der Waals surface area contributed by atoms with Gasteiger partial charge in [0.15, 0.2) is 0 Å². The molecule has 21 heavy (non-hydrogen) atoms. The standard InChI is InChI=1S/C18H13BrCl2/c1-11-6-8-15(14-5-3-2-4-13(11)14)18(21)16-9-7-12(20)10-17(16)19/h2-10,18H,1H3. The molecule has 0 saturated heterocycles. The summed E-state index contributed by atoms with van der Waals surface area (Å²) in [6.45, 7) is 2.12. The van der Waals surface area contributed by atoms with Crippen molar-refractivity contribution in [2.45, 2.75) is 12.3 Å². The van der Waals surface area contributed by atoms with Gasteiger partial charge < -0.3 is 0 Å². The number of rotatable bonds is 2. The molecule has 0 nitrogen and oxygen atoms in total. The van der Waals surface area contributed by atoms with E-state index >= 15 is 0 Å². The lowest BCUT2D eigenvalue weighted by Gasteiger charge is -2.16. The number of halogens is 3. The van der Waals surface area contributed by atoms with Crippen molar-refractivity contribution in [2.75, 3.05) is 0 Å². The smallest absolute Gasteiger partial charge is 0.0852 e. The summed E-state index contributed by atoms with van der Waals surface area (Å²) in [5.74, 6) is 0. The van der Waals surface area contributed by atoms with E-state index in [4.69, 9.17) is 23.2 Å². The molecule has 0 amide bonds. The Kier molecular flexibility index (Phi) is 4.26. The lowest BCUT2D eigenvalue weighted by atomic mass is 9.95. The van der Waals surface area contributed by atoms with Crippen molar-refractivity contribution in [3.05, 3.63) is 80.8 Å². The van der Waals surface area contributed by atoms with E-state index in [-0.39, 0.29) is 5.38 Å². The molecular weight excluding hydrogens is 367 g/mol. The fourth-order valence-electron chi connectivity index (χ4n) is 2.57. The summed E-state index contributed by atoms with van der Waals surface area (Å²) < 4.78 is 0.930. The number of aryl methyl sites for hydroxylation is 1. The van der Waals surface area contributed by atoms with Gasteiger partial charge in [0.2, 0.25) is 0 Å². The average molecular weight is 380 g/mol. The zero-order chi connectivity index (χ0) is 15.0. The summed E-state index contributed by atoms with van der Waals surface area (Å²) in [5, 5.41) is 2.91. The Bertz CT molecular complexity index is 811. The summed E-state index contributed by atoms with van der Waals surface area (Å²) in [6, 6.07) is 18.3. The van der Waals surface area contributed by atoms with Gasteiger partial charge in [-0.2, -0.15) is 0 Å². The molecular formula is C18H13BrCl2. The number of hydrogen-bond acceptors (Lipinski definition) is 0. The molecule has 0 heterocycles. The molecule has 1 unspecified atom stereocenters. The number of fused-ring (bicyclic) bond motifs is 1. The Morgan fingerprint density at radius 3 is 2.29 bits per heavy atom. The monoisotopic (exact) mass is 378 g/mol. The highest BCUT2D eigenvalue weighted by molar-refractivity contribution is 9.10. The van der Waals surface area contributed by atoms with Gasteiger partial charge in [0.25, 0.3) is 0 Å². The van der Waals surface area contributed by atoms with Gasteiger partial charge in [-0.25, -0.2) is 0 Å². The third kappa shape index (κ3) is 2.83. The molecule has 0 aliphatic rings. The molecule has 0 fully saturated rings. The van der Waals surface area contributed by atoms with Crippen LogP contribution in [0.4, 0.5) is 0 Å². The Hall–Kier alpha value is -1.02. The number of alkyl halides is 1. The highest BCUT2D eigenvalue weighted by Crippen LogP contribution is 2.38. The Morgan fingerprint density at radius 2 is 1.57 bits per heavy atom. The van der Waals surface area contributed by atoms with E-state index in [2.05, 4.69) is 53.2 Å². The van der Waals surface area contributed by atoms with Crippen LogP contribution in [0, 0.1) is 6.92 Å². The van der Waals surface area contributed by atoms with Gasteiger partial charge in [0, 0.05) is 9.50 Å². The molecule has 0 aliphatic heterocycles. The maximum Gasteiger partial charge on any atom is 0.0852 e. The minimum atomic E-state index is -0.220. The van der Waals surface area contributed by atoms with Gasteiger partial charge in [-0.15, -0.1) is 11.6 Å². The predicted octanol–water partition coefficient (Wildman–Crippen LogP) is 6.89. The second-order valence-corrected chi connectivity index (χ2v) is 6.77. The quantitative estimate of drug-likeness (QED) is 0.425. The maximum absolute atomic E-state index is 6.75. The van der Waals surface area contributed by atoms with Crippen molar-refractivity contribution in [1.29, 1.82) is 0 Å². The van der Waals surface area contributed by atoms with E-state index in [0.29, 0.717) is 5.02 Å². The van der Waals surface area contributed by atoms with Gasteiger partial charge >= 0.3 is 0 Å². The second-order valence-electron chi connectivity index (χ2n) is 5.05. The zero-order valence-electron chi connectivity index (χ0n) is 11.4. The summed E-state index contributed by atoms with van der Waals surface area (Å²) in [7, 11) is 0. The number of hydrogen-bond donors (Lipinski definition) is 0. The first-order valence-corrected chi connectivity index (χ1v) is 8.26. The topological polar surface area (TPSA) is 0 Å². The normalized spacial score (nSPS) is 12.6. The maximum atomic E-state index is 6.75. The van der Waals surface area contributed by atoms with E-state index in [1.165, 1.54) is 16.3 Å². The second kappa shape index (κ2) is 6.00. The van der Waals surface area contributed by atoms with Crippen LogP contribution in [-0.4, -0.2) is 0 Å². The minimum Gasteiger partial charge on any atom is -0.113 e. The SMILES string of the molecule is Cc1ccc(C(Cl)c2ccc(Cl)cc2Br)c2ccccc12. The van der Waals surface area contributed by atoms with Crippen LogP contribution in [0.1, 0.15) is 22.1 Å². The first-order valence-electron chi connectivity index (χ1n) is 6.65. The van der Waals surface area contributed by atoms with Crippen LogP contribution in [0.3, 0.4) is 0 Å². The van der Waals surface area contributed by atoms with Crippen LogP contribution in [0.5, 0.6) is 0 Å². The lowest BCUT2D eigenvalue weighted by molar-refractivity contribution is 1.14. The van der Waals surface area contributed by atoms with Crippen LogP contribution in [0.15, 0.2) is 59.1 Å². The van der Waals surface area contributed by atoms with E-state index in [9.17, 15) is 0 Å². The molecule has 0 bridgehead atoms. The van der Waals surface area contributed by atoms with Crippen molar-refractivity contribution >= 4 is 49.9 Å². The van der Waals surface area contributed by atoms with Crippen molar-refractivity contribution in [1.82, 2.24) is 0 Å². The van der Waals surface area contributed by atoms with Crippen molar-refractivity contribution in [3.8, 4) is 0 Å². The highest BCUT2D eigenvalue weighted by Gasteiger charge is 2.17. The fraction of sp³-hybridized carbons (Fsp3) is 0.111. The van der Waals surface area contributed by atoms with E-state index < -0.39 is 0 Å². The molecule has 3 rings (SSSR count). The Morgan fingerprint density at radius 1 is 0.905 bits per heavy atom. The molecule has 3 aromatic rings. The van der Waals surface area contributed by atoms with Crippen LogP contribution >= 0.6 is 39.1 Å². The van der Waals surface area contributed by atoms with Crippen molar-refractivity contribution < 1.29 is 0 Å². The van der Waals surface area contributed by atoms with E-state index in [1.54, 1.807) is 0 Å². The molecule has 0 aliphatic carbocycles. The van der Waals surface area contributed by atoms with Crippen LogP contribution in [0.2, 0.25) is 5.02 Å². The average Bonchev–Trinajstić information content (AvgIpc) is 2.47. The molecule has 0 aromatic heterocycles. The van der Waals surface area contributed by atoms with Crippen LogP contribution in [-0.2, 0) is 0 Å².